The third-order valence-electron chi connectivity index (χ3n) is 1.73. The molecule has 0 aliphatic heterocycles. The highest BCUT2D eigenvalue weighted by atomic mass is 16.3. The van der Waals surface area contributed by atoms with Gasteiger partial charge in [-0.3, -0.25) is 0 Å². The smallest absolute Gasteiger partial charge is 0.156 e. The molecule has 0 spiro atoms. The fourth-order valence-electron chi connectivity index (χ4n) is 0.995. The van der Waals surface area contributed by atoms with Gasteiger partial charge >= 0.3 is 0 Å². The molecule has 3 nitrogen and oxygen atoms in total. The van der Waals surface area contributed by atoms with Gasteiger partial charge in [0.05, 0.1) is 0 Å². The van der Waals surface area contributed by atoms with Crippen molar-refractivity contribution in [1.29, 1.82) is 0 Å². The van der Waals surface area contributed by atoms with Gasteiger partial charge in [0.2, 0.25) is 0 Å². The topological polar surface area (TPSA) is 46.0 Å². The predicted octanol–water partition coefficient (Wildman–Crippen LogP) is 1.87. The van der Waals surface area contributed by atoms with E-state index in [9.17, 15) is 5.11 Å². The van der Waals surface area contributed by atoms with Crippen LogP contribution < -0.4 is 0 Å². The second kappa shape index (κ2) is 4.72. The quantitative estimate of drug-likeness (QED) is 0.716. The molecule has 3 heteroatoms. The van der Waals surface area contributed by atoms with Crippen molar-refractivity contribution in [1.82, 2.24) is 9.97 Å². The molecule has 1 atom stereocenters. The van der Waals surface area contributed by atoms with Gasteiger partial charge in [-0.05, 0) is 25.8 Å². The molecular weight excluding hydrogens is 164 g/mol. The molecule has 1 heterocycles. The summed E-state index contributed by atoms with van der Waals surface area (Å²) in [6.07, 6.45) is 4.13. The lowest BCUT2D eigenvalue weighted by Crippen LogP contribution is -2.02. The first-order valence-corrected chi connectivity index (χ1v) is 4.29. The van der Waals surface area contributed by atoms with Gasteiger partial charge in [0.1, 0.15) is 6.10 Å². The van der Waals surface area contributed by atoms with Crippen LogP contribution >= 0.6 is 0 Å². The summed E-state index contributed by atoms with van der Waals surface area (Å²) in [5.74, 6) is 0.490. The van der Waals surface area contributed by atoms with E-state index in [1.165, 1.54) is 0 Å². The Morgan fingerprint density at radius 3 is 2.69 bits per heavy atom. The van der Waals surface area contributed by atoms with Gasteiger partial charge in [-0.25, -0.2) is 9.97 Å². The molecule has 0 saturated carbocycles. The van der Waals surface area contributed by atoms with Crippen molar-refractivity contribution in [3.63, 3.8) is 0 Å². The molecule has 1 N–H and O–H groups in total. The Kier molecular flexibility index (Phi) is 3.58. The summed E-state index contributed by atoms with van der Waals surface area (Å²) in [6, 6.07) is 1.73. The van der Waals surface area contributed by atoms with Crippen LogP contribution in [-0.4, -0.2) is 15.1 Å². The highest BCUT2D eigenvalue weighted by molar-refractivity contribution is 4.95. The average Bonchev–Trinajstić information content (AvgIpc) is 2.15. The number of nitrogens with zero attached hydrogens (tertiary/aromatic N) is 2. The van der Waals surface area contributed by atoms with E-state index >= 15 is 0 Å². The number of rotatable bonds is 4. The van der Waals surface area contributed by atoms with E-state index in [0.717, 1.165) is 12.0 Å². The van der Waals surface area contributed by atoms with E-state index < -0.39 is 6.10 Å². The Bertz CT molecular complexity index is 272. The monoisotopic (exact) mass is 178 g/mol. The molecule has 0 fully saturated rings. The summed E-state index contributed by atoms with van der Waals surface area (Å²) in [5, 5.41) is 9.60. The fourth-order valence-corrected chi connectivity index (χ4v) is 0.995. The summed E-state index contributed by atoms with van der Waals surface area (Å²) in [5.41, 5.74) is 1.06. The number of aliphatic hydroxyl groups excluding tert-OH is 1. The summed E-state index contributed by atoms with van der Waals surface area (Å²) < 4.78 is 0. The maximum absolute atomic E-state index is 9.60. The summed E-state index contributed by atoms with van der Waals surface area (Å²) in [4.78, 5) is 7.93. The second-order valence-corrected chi connectivity index (χ2v) is 3.12. The van der Waals surface area contributed by atoms with Crippen molar-refractivity contribution in [2.24, 2.45) is 0 Å². The van der Waals surface area contributed by atoms with Crippen LogP contribution in [0.15, 0.2) is 30.6 Å². The van der Waals surface area contributed by atoms with Crippen molar-refractivity contribution in [2.75, 3.05) is 0 Å². The number of aromatic nitrogens is 2. The normalized spacial score (nSPS) is 12.5. The van der Waals surface area contributed by atoms with E-state index in [1.54, 1.807) is 18.5 Å². The molecule has 1 unspecified atom stereocenters. The minimum absolute atomic E-state index is 0.490. The van der Waals surface area contributed by atoms with Crippen molar-refractivity contribution in [3.8, 4) is 0 Å². The zero-order valence-electron chi connectivity index (χ0n) is 7.77. The lowest BCUT2D eigenvalue weighted by Gasteiger charge is -2.07. The van der Waals surface area contributed by atoms with Crippen LogP contribution in [0.25, 0.3) is 0 Å². The summed E-state index contributed by atoms with van der Waals surface area (Å²) in [6.45, 7) is 5.71. The molecule has 0 aromatic carbocycles. The number of allylic oxidation sites excluding steroid dienone is 1. The minimum Gasteiger partial charge on any atom is -0.385 e. The van der Waals surface area contributed by atoms with Gasteiger partial charge < -0.3 is 5.11 Å². The van der Waals surface area contributed by atoms with Crippen molar-refractivity contribution in [2.45, 2.75) is 25.9 Å². The molecule has 1 aromatic heterocycles. The van der Waals surface area contributed by atoms with E-state index in [0.29, 0.717) is 12.2 Å². The first-order chi connectivity index (χ1) is 6.20. The number of aliphatic hydroxyl groups is 1. The van der Waals surface area contributed by atoms with Crippen LogP contribution in [0.3, 0.4) is 0 Å². The van der Waals surface area contributed by atoms with E-state index in [2.05, 4.69) is 16.5 Å². The number of hydrogen-bond donors (Lipinski definition) is 1. The maximum atomic E-state index is 9.60. The van der Waals surface area contributed by atoms with Gasteiger partial charge in [0, 0.05) is 12.4 Å². The van der Waals surface area contributed by atoms with Crippen LogP contribution in [-0.2, 0) is 0 Å². The highest BCUT2D eigenvalue weighted by Gasteiger charge is 2.08. The summed E-state index contributed by atoms with van der Waals surface area (Å²) in [7, 11) is 0. The van der Waals surface area contributed by atoms with E-state index in [4.69, 9.17) is 0 Å². The average molecular weight is 178 g/mol. The third-order valence-corrected chi connectivity index (χ3v) is 1.73. The molecule has 0 bridgehead atoms. The molecule has 0 radical (unpaired) electrons. The third kappa shape index (κ3) is 3.34. The van der Waals surface area contributed by atoms with Gasteiger partial charge in [-0.15, -0.1) is 6.58 Å². The second-order valence-electron chi connectivity index (χ2n) is 3.12. The SMILES string of the molecule is C=C(C)CCC(O)c1ncccn1. The zero-order valence-corrected chi connectivity index (χ0v) is 7.77. The van der Waals surface area contributed by atoms with Gasteiger partial charge in [0.15, 0.2) is 5.82 Å². The van der Waals surface area contributed by atoms with Crippen LogP contribution in [0, 0.1) is 0 Å². The fraction of sp³-hybridized carbons (Fsp3) is 0.400. The molecular formula is C10H14N2O. The highest BCUT2D eigenvalue weighted by Crippen LogP contribution is 2.15. The minimum atomic E-state index is -0.571. The maximum Gasteiger partial charge on any atom is 0.156 e. The first kappa shape index (κ1) is 9.86. The standard InChI is InChI=1S/C10H14N2O/c1-8(2)4-5-9(13)10-11-6-3-7-12-10/h3,6-7,9,13H,1,4-5H2,2H3. The van der Waals surface area contributed by atoms with E-state index in [1.807, 2.05) is 6.92 Å². The van der Waals surface area contributed by atoms with Crippen molar-refractivity contribution in [3.05, 3.63) is 36.4 Å². The predicted molar refractivity (Wildman–Crippen MR) is 51.0 cm³/mol. The Labute approximate surface area is 78.2 Å². The van der Waals surface area contributed by atoms with Gasteiger partial charge in [-0.2, -0.15) is 0 Å². The molecule has 1 rings (SSSR count). The van der Waals surface area contributed by atoms with Crippen LogP contribution in [0.5, 0.6) is 0 Å². The summed E-state index contributed by atoms with van der Waals surface area (Å²) >= 11 is 0. The molecule has 0 aliphatic carbocycles. The zero-order chi connectivity index (χ0) is 9.68. The first-order valence-electron chi connectivity index (χ1n) is 4.29. The number of hydrogen-bond acceptors (Lipinski definition) is 3. The van der Waals surface area contributed by atoms with Crippen LogP contribution in [0.1, 0.15) is 31.7 Å². The Hall–Kier alpha value is -1.22. The van der Waals surface area contributed by atoms with Crippen molar-refractivity contribution >= 4 is 0 Å². The molecule has 0 saturated heterocycles. The van der Waals surface area contributed by atoms with Crippen LogP contribution in [0.2, 0.25) is 0 Å². The molecule has 0 aliphatic rings. The Balaban J connectivity index is 2.49. The van der Waals surface area contributed by atoms with Crippen molar-refractivity contribution < 1.29 is 5.11 Å². The lowest BCUT2D eigenvalue weighted by atomic mass is 10.1. The van der Waals surface area contributed by atoms with Gasteiger partial charge in [0.25, 0.3) is 0 Å². The molecule has 0 amide bonds. The molecule has 70 valence electrons. The van der Waals surface area contributed by atoms with Crippen LogP contribution in [0.4, 0.5) is 0 Å². The molecule has 1 aromatic rings. The Morgan fingerprint density at radius 2 is 2.15 bits per heavy atom. The van der Waals surface area contributed by atoms with E-state index in [-0.39, 0.29) is 0 Å². The molecule has 13 heavy (non-hydrogen) atoms. The van der Waals surface area contributed by atoms with Gasteiger partial charge in [-0.1, -0.05) is 5.57 Å². The lowest BCUT2D eigenvalue weighted by molar-refractivity contribution is 0.158. The largest absolute Gasteiger partial charge is 0.385 e. The Morgan fingerprint density at radius 1 is 1.54 bits per heavy atom.